The van der Waals surface area contributed by atoms with Crippen molar-refractivity contribution in [1.29, 1.82) is 0 Å². The second kappa shape index (κ2) is 11.6. The van der Waals surface area contributed by atoms with Gasteiger partial charge < -0.3 is 4.90 Å². The molecule has 0 spiro atoms. The average Bonchev–Trinajstić information content (AvgIpc) is 3.47. The molecule has 0 saturated heterocycles. The Labute approximate surface area is 314 Å². The SMILES string of the molecule is CC1(C)c2ccccc2-c2c(N3c4ccccc4-c4cccc5c4C3N(c3nc(-c4ccccc4)nc(-c4ccccc4)n3)c3ccccc3-5)cccc21. The number of fused-ring (bicyclic) bond motifs is 7. The summed E-state index contributed by atoms with van der Waals surface area (Å²) in [5, 5.41) is 0. The molecule has 5 heteroatoms. The Morgan fingerprint density at radius 1 is 0.407 bits per heavy atom. The fourth-order valence-corrected chi connectivity index (χ4v) is 9.09. The number of hydrogen-bond donors (Lipinski definition) is 0. The molecule has 5 nitrogen and oxygen atoms in total. The largest absolute Gasteiger partial charge is 0.315 e. The molecule has 1 unspecified atom stereocenters. The first-order chi connectivity index (χ1) is 26.6. The van der Waals surface area contributed by atoms with Gasteiger partial charge in [0.2, 0.25) is 5.95 Å². The number of nitrogens with zero attached hydrogens (tertiary/aromatic N) is 5. The van der Waals surface area contributed by atoms with Crippen LogP contribution in [0.25, 0.3) is 56.2 Å². The van der Waals surface area contributed by atoms with Crippen molar-refractivity contribution in [3.63, 3.8) is 0 Å². The van der Waals surface area contributed by atoms with Crippen molar-refractivity contribution in [2.45, 2.75) is 25.4 Å². The second-order valence-corrected chi connectivity index (χ2v) is 14.8. The molecular weight excluding hydrogens is 659 g/mol. The monoisotopic (exact) mass is 693 g/mol. The molecule has 2 aliphatic heterocycles. The van der Waals surface area contributed by atoms with Gasteiger partial charge in [0.05, 0.1) is 17.1 Å². The third kappa shape index (κ3) is 4.36. The van der Waals surface area contributed by atoms with E-state index in [0.717, 1.165) is 33.8 Å². The van der Waals surface area contributed by atoms with Crippen LogP contribution in [0.5, 0.6) is 0 Å². The van der Waals surface area contributed by atoms with Crippen LogP contribution in [0.15, 0.2) is 170 Å². The van der Waals surface area contributed by atoms with Crippen LogP contribution in [-0.2, 0) is 5.41 Å². The van der Waals surface area contributed by atoms with E-state index < -0.39 is 0 Å². The van der Waals surface area contributed by atoms with Gasteiger partial charge in [-0.1, -0.05) is 166 Å². The maximum absolute atomic E-state index is 5.37. The third-order valence-corrected chi connectivity index (χ3v) is 11.5. The van der Waals surface area contributed by atoms with Crippen molar-refractivity contribution in [1.82, 2.24) is 15.0 Å². The van der Waals surface area contributed by atoms with Gasteiger partial charge in [-0.25, -0.2) is 4.98 Å². The van der Waals surface area contributed by atoms with Gasteiger partial charge in [-0.05, 0) is 46.0 Å². The normalized spacial score (nSPS) is 15.5. The minimum Gasteiger partial charge on any atom is -0.315 e. The summed E-state index contributed by atoms with van der Waals surface area (Å²) in [6, 6.07) is 60.6. The van der Waals surface area contributed by atoms with Gasteiger partial charge in [-0.2, -0.15) is 9.97 Å². The summed E-state index contributed by atoms with van der Waals surface area (Å²) >= 11 is 0. The highest BCUT2D eigenvalue weighted by atomic mass is 15.4. The molecule has 0 N–H and O–H groups in total. The van der Waals surface area contributed by atoms with E-state index in [1.54, 1.807) is 0 Å². The molecule has 0 fully saturated rings. The molecule has 0 saturated carbocycles. The summed E-state index contributed by atoms with van der Waals surface area (Å²) in [4.78, 5) is 20.8. The number of anilines is 4. The van der Waals surface area contributed by atoms with Gasteiger partial charge >= 0.3 is 0 Å². The Morgan fingerprint density at radius 3 is 1.50 bits per heavy atom. The Balaban J connectivity index is 1.25. The van der Waals surface area contributed by atoms with Crippen molar-refractivity contribution in [3.8, 4) is 56.2 Å². The number of rotatable bonds is 4. The third-order valence-electron chi connectivity index (χ3n) is 11.5. The topological polar surface area (TPSA) is 45.2 Å². The zero-order chi connectivity index (χ0) is 36.0. The number of benzene rings is 7. The van der Waals surface area contributed by atoms with Gasteiger partial charge in [0.15, 0.2) is 11.6 Å². The van der Waals surface area contributed by atoms with E-state index in [0.29, 0.717) is 17.6 Å². The van der Waals surface area contributed by atoms with Crippen LogP contribution >= 0.6 is 0 Å². The van der Waals surface area contributed by atoms with Gasteiger partial charge in [0.25, 0.3) is 0 Å². The highest BCUT2D eigenvalue weighted by Gasteiger charge is 2.46. The predicted molar refractivity (Wildman–Crippen MR) is 219 cm³/mol. The summed E-state index contributed by atoms with van der Waals surface area (Å²) in [7, 11) is 0. The Hall–Kier alpha value is -6.85. The van der Waals surface area contributed by atoms with Gasteiger partial charge in [0, 0.05) is 38.8 Å². The maximum atomic E-state index is 5.37. The van der Waals surface area contributed by atoms with Crippen LogP contribution in [-0.4, -0.2) is 15.0 Å². The highest BCUT2D eigenvalue weighted by molar-refractivity contribution is 6.01. The van der Waals surface area contributed by atoms with Gasteiger partial charge in [-0.15, -0.1) is 0 Å². The minimum absolute atomic E-state index is 0.150. The molecule has 1 aliphatic carbocycles. The summed E-state index contributed by atoms with van der Waals surface area (Å²) < 4.78 is 0. The zero-order valence-corrected chi connectivity index (χ0v) is 30.0. The molecular formula is C49H35N5. The quantitative estimate of drug-likeness (QED) is 0.184. The number of para-hydroxylation sites is 2. The van der Waals surface area contributed by atoms with Crippen LogP contribution in [0.2, 0.25) is 0 Å². The summed E-state index contributed by atoms with van der Waals surface area (Å²) in [6.07, 6.45) is -0.321. The molecule has 7 aromatic carbocycles. The van der Waals surface area contributed by atoms with Crippen LogP contribution in [0.3, 0.4) is 0 Å². The maximum Gasteiger partial charge on any atom is 0.236 e. The van der Waals surface area contributed by atoms with E-state index in [1.165, 1.54) is 44.5 Å². The van der Waals surface area contributed by atoms with Crippen molar-refractivity contribution in [2.75, 3.05) is 9.80 Å². The fraction of sp³-hybridized carbons (Fsp3) is 0.0816. The molecule has 0 bridgehead atoms. The van der Waals surface area contributed by atoms with Gasteiger partial charge in [0.1, 0.15) is 6.17 Å². The van der Waals surface area contributed by atoms with E-state index in [2.05, 4.69) is 157 Å². The first-order valence-corrected chi connectivity index (χ1v) is 18.6. The molecule has 0 radical (unpaired) electrons. The Bertz CT molecular complexity index is 2700. The molecule has 1 aromatic heterocycles. The average molecular weight is 694 g/mol. The van der Waals surface area contributed by atoms with E-state index >= 15 is 0 Å². The van der Waals surface area contributed by atoms with Crippen LogP contribution < -0.4 is 9.80 Å². The lowest BCUT2D eigenvalue weighted by Crippen LogP contribution is -2.42. The van der Waals surface area contributed by atoms with Crippen molar-refractivity contribution >= 4 is 23.0 Å². The smallest absolute Gasteiger partial charge is 0.236 e. The zero-order valence-electron chi connectivity index (χ0n) is 30.0. The predicted octanol–water partition coefficient (Wildman–Crippen LogP) is 12.1. The summed E-state index contributed by atoms with van der Waals surface area (Å²) in [5.74, 6) is 1.86. The molecule has 3 aliphatic rings. The lowest BCUT2D eigenvalue weighted by molar-refractivity contribution is 0.657. The molecule has 0 amide bonds. The molecule has 256 valence electrons. The first-order valence-electron chi connectivity index (χ1n) is 18.6. The lowest BCUT2D eigenvalue weighted by atomic mass is 9.81. The molecule has 54 heavy (non-hydrogen) atoms. The van der Waals surface area contributed by atoms with Crippen LogP contribution in [0, 0.1) is 0 Å². The van der Waals surface area contributed by atoms with Crippen molar-refractivity contribution in [2.24, 2.45) is 0 Å². The molecule has 8 aromatic rings. The number of aromatic nitrogens is 3. The fourth-order valence-electron chi connectivity index (χ4n) is 9.09. The highest BCUT2D eigenvalue weighted by Crippen LogP contribution is 2.61. The standard InChI is InChI=1S/C49H35N5/c1-49(2)38-26-12-9-23-37(38)44-39(49)27-16-30-42(44)53-40-28-13-10-21-33(40)35-24-15-25-36-34-22-11-14-29-41(34)54(47(53)43(35)36)48-51-45(31-17-5-3-6-18-31)50-46(52-48)32-19-7-4-8-20-32/h3-30,47H,1-2H3. The van der Waals surface area contributed by atoms with Crippen molar-refractivity contribution < 1.29 is 0 Å². The molecule has 1 atom stereocenters. The van der Waals surface area contributed by atoms with E-state index in [1.807, 2.05) is 36.4 Å². The second-order valence-electron chi connectivity index (χ2n) is 14.8. The first kappa shape index (κ1) is 30.7. The van der Waals surface area contributed by atoms with Crippen LogP contribution in [0.4, 0.5) is 23.0 Å². The van der Waals surface area contributed by atoms with E-state index in [-0.39, 0.29) is 11.6 Å². The van der Waals surface area contributed by atoms with Crippen molar-refractivity contribution in [3.05, 3.63) is 187 Å². The molecule has 11 rings (SSSR count). The Kier molecular flexibility index (Phi) is 6.59. The molecule has 3 heterocycles. The number of hydrogen-bond acceptors (Lipinski definition) is 5. The Morgan fingerprint density at radius 2 is 0.870 bits per heavy atom. The van der Waals surface area contributed by atoms with Crippen LogP contribution in [0.1, 0.15) is 36.7 Å². The summed E-state index contributed by atoms with van der Waals surface area (Å²) in [6.45, 7) is 4.70. The van der Waals surface area contributed by atoms with E-state index in [9.17, 15) is 0 Å². The summed E-state index contributed by atoms with van der Waals surface area (Å²) in [5.41, 5.74) is 16.4. The lowest BCUT2D eigenvalue weighted by Gasteiger charge is -2.49. The van der Waals surface area contributed by atoms with Gasteiger partial charge in [-0.3, -0.25) is 4.90 Å². The van der Waals surface area contributed by atoms with E-state index in [4.69, 9.17) is 15.0 Å². The minimum atomic E-state index is -0.321.